The molecule has 4 rings (SSSR count). The van der Waals surface area contributed by atoms with Gasteiger partial charge in [-0.3, -0.25) is 4.79 Å². The molecule has 1 aliphatic heterocycles. The van der Waals surface area contributed by atoms with Crippen molar-refractivity contribution in [3.63, 3.8) is 0 Å². The van der Waals surface area contributed by atoms with Crippen LogP contribution in [0.15, 0.2) is 36.8 Å². The first kappa shape index (κ1) is 17.4. The summed E-state index contributed by atoms with van der Waals surface area (Å²) in [4.78, 5) is 23.8. The van der Waals surface area contributed by atoms with Crippen molar-refractivity contribution in [3.05, 3.63) is 42.4 Å². The van der Waals surface area contributed by atoms with Crippen LogP contribution in [0.3, 0.4) is 0 Å². The molecular weight excluding hydrogens is 344 g/mol. The van der Waals surface area contributed by atoms with Crippen LogP contribution >= 0.6 is 0 Å². The fourth-order valence-electron chi connectivity index (χ4n) is 3.19. The van der Waals surface area contributed by atoms with Crippen LogP contribution < -0.4 is 10.2 Å². The molecule has 27 heavy (non-hydrogen) atoms. The molecule has 0 bridgehead atoms. The molecule has 0 atom stereocenters. The second-order valence-electron chi connectivity index (χ2n) is 6.75. The molecule has 8 nitrogen and oxygen atoms in total. The monoisotopic (exact) mass is 366 g/mol. The number of morpholine rings is 1. The van der Waals surface area contributed by atoms with E-state index in [9.17, 15) is 4.79 Å². The molecule has 1 amide bonds. The zero-order chi connectivity index (χ0) is 18.8. The predicted molar refractivity (Wildman–Crippen MR) is 103 cm³/mol. The minimum absolute atomic E-state index is 0.206. The number of nitrogens with one attached hydrogen (secondary N) is 1. The molecule has 4 heterocycles. The summed E-state index contributed by atoms with van der Waals surface area (Å²) in [6.45, 7) is 6.83. The van der Waals surface area contributed by atoms with E-state index in [1.807, 2.05) is 10.7 Å². The summed E-state index contributed by atoms with van der Waals surface area (Å²) >= 11 is 0. The highest BCUT2D eigenvalue weighted by atomic mass is 16.5. The highest BCUT2D eigenvalue weighted by Gasteiger charge is 2.20. The van der Waals surface area contributed by atoms with E-state index in [-0.39, 0.29) is 11.9 Å². The molecule has 0 radical (unpaired) electrons. The molecule has 8 heteroatoms. The van der Waals surface area contributed by atoms with E-state index in [4.69, 9.17) is 4.74 Å². The van der Waals surface area contributed by atoms with Gasteiger partial charge in [-0.25, -0.2) is 14.6 Å². The summed E-state index contributed by atoms with van der Waals surface area (Å²) in [6.07, 6.45) is 5.13. The molecule has 140 valence electrons. The highest BCUT2D eigenvalue weighted by molar-refractivity contribution is 6.08. The Kier molecular flexibility index (Phi) is 4.72. The summed E-state index contributed by atoms with van der Waals surface area (Å²) in [7, 11) is 0. The van der Waals surface area contributed by atoms with Crippen molar-refractivity contribution in [2.45, 2.75) is 19.9 Å². The third-order valence-electron chi connectivity index (χ3n) is 4.52. The highest BCUT2D eigenvalue weighted by Crippen LogP contribution is 2.22. The third kappa shape index (κ3) is 3.48. The normalized spacial score (nSPS) is 14.7. The van der Waals surface area contributed by atoms with Crippen LogP contribution in [0.5, 0.6) is 0 Å². The van der Waals surface area contributed by atoms with Gasteiger partial charge in [0.2, 0.25) is 0 Å². The van der Waals surface area contributed by atoms with Gasteiger partial charge in [0.25, 0.3) is 5.91 Å². The van der Waals surface area contributed by atoms with Crippen molar-refractivity contribution in [1.29, 1.82) is 0 Å². The number of aromatic nitrogens is 4. The van der Waals surface area contributed by atoms with E-state index in [0.29, 0.717) is 30.3 Å². The zero-order valence-corrected chi connectivity index (χ0v) is 15.4. The Morgan fingerprint density at radius 2 is 2.04 bits per heavy atom. The van der Waals surface area contributed by atoms with Crippen molar-refractivity contribution in [3.8, 4) is 0 Å². The van der Waals surface area contributed by atoms with E-state index < -0.39 is 0 Å². The predicted octanol–water partition coefficient (Wildman–Crippen LogP) is 2.50. The first-order valence-corrected chi connectivity index (χ1v) is 9.06. The van der Waals surface area contributed by atoms with Crippen molar-refractivity contribution in [2.24, 2.45) is 0 Å². The molecule has 1 saturated heterocycles. The molecule has 3 aromatic heterocycles. The Balaban J connectivity index is 1.58. The first-order valence-electron chi connectivity index (χ1n) is 9.06. The smallest absolute Gasteiger partial charge is 0.259 e. The van der Waals surface area contributed by atoms with Gasteiger partial charge in [-0.2, -0.15) is 5.10 Å². The SMILES string of the molecule is CC(C)n1ncc2cc(NC(=O)c3cccnc3N3CCOCC3)cnc21. The number of hydrogen-bond donors (Lipinski definition) is 1. The molecule has 0 aliphatic carbocycles. The van der Waals surface area contributed by atoms with Crippen molar-refractivity contribution < 1.29 is 9.53 Å². The van der Waals surface area contributed by atoms with Crippen LogP contribution in [-0.2, 0) is 4.74 Å². The molecule has 3 aromatic rings. The summed E-state index contributed by atoms with van der Waals surface area (Å²) in [5.74, 6) is 0.474. The van der Waals surface area contributed by atoms with Crippen LogP contribution in [0.25, 0.3) is 11.0 Å². The van der Waals surface area contributed by atoms with Crippen LogP contribution in [0.1, 0.15) is 30.2 Å². The van der Waals surface area contributed by atoms with Gasteiger partial charge >= 0.3 is 0 Å². The quantitative estimate of drug-likeness (QED) is 0.764. The second kappa shape index (κ2) is 7.32. The van der Waals surface area contributed by atoms with E-state index in [1.54, 1.807) is 30.7 Å². The number of ether oxygens (including phenoxy) is 1. The van der Waals surface area contributed by atoms with Gasteiger partial charge in [-0.15, -0.1) is 0 Å². The lowest BCUT2D eigenvalue weighted by Gasteiger charge is -2.29. The number of fused-ring (bicyclic) bond motifs is 1. The topological polar surface area (TPSA) is 85.2 Å². The maximum absolute atomic E-state index is 12.9. The standard InChI is InChI=1S/C19H22N6O2/c1-13(2)25-17-14(11-22-25)10-15(12-21-17)23-19(26)16-4-3-5-20-18(16)24-6-8-27-9-7-24/h3-5,10-13H,6-9H2,1-2H3,(H,23,26). The van der Waals surface area contributed by atoms with E-state index in [1.165, 1.54) is 0 Å². The Morgan fingerprint density at radius 3 is 2.81 bits per heavy atom. The van der Waals surface area contributed by atoms with E-state index >= 15 is 0 Å². The number of pyridine rings is 2. The fraction of sp³-hybridized carbons (Fsp3) is 0.368. The van der Waals surface area contributed by atoms with Crippen molar-refractivity contribution >= 4 is 28.4 Å². The Hall–Kier alpha value is -3.00. The van der Waals surface area contributed by atoms with Gasteiger partial charge in [0, 0.05) is 30.7 Å². The maximum atomic E-state index is 12.9. The van der Waals surface area contributed by atoms with Gasteiger partial charge in [-0.1, -0.05) is 0 Å². The van der Waals surface area contributed by atoms with Crippen LogP contribution in [0.4, 0.5) is 11.5 Å². The Bertz CT molecular complexity index is 962. The lowest BCUT2D eigenvalue weighted by atomic mass is 10.2. The number of rotatable bonds is 4. The maximum Gasteiger partial charge on any atom is 0.259 e. The van der Waals surface area contributed by atoms with E-state index in [0.717, 1.165) is 24.1 Å². The molecule has 1 N–H and O–H groups in total. The van der Waals surface area contributed by atoms with Crippen molar-refractivity contribution in [2.75, 3.05) is 36.5 Å². The molecule has 0 unspecified atom stereocenters. The Morgan fingerprint density at radius 1 is 1.22 bits per heavy atom. The molecule has 1 aliphatic rings. The molecule has 0 aromatic carbocycles. The van der Waals surface area contributed by atoms with Crippen molar-refractivity contribution in [1.82, 2.24) is 19.7 Å². The number of hydrogen-bond acceptors (Lipinski definition) is 6. The molecule has 0 saturated carbocycles. The van der Waals surface area contributed by atoms with Gasteiger partial charge in [0.05, 0.1) is 36.9 Å². The minimum atomic E-state index is -0.206. The Labute approximate surface area is 157 Å². The number of carbonyl (C=O) groups excluding carboxylic acids is 1. The molecule has 1 fully saturated rings. The fourth-order valence-corrected chi connectivity index (χ4v) is 3.19. The van der Waals surface area contributed by atoms with Crippen LogP contribution in [0, 0.1) is 0 Å². The summed E-state index contributed by atoms with van der Waals surface area (Å²) < 4.78 is 7.25. The van der Waals surface area contributed by atoms with Gasteiger partial charge in [0.15, 0.2) is 5.65 Å². The van der Waals surface area contributed by atoms with E-state index in [2.05, 4.69) is 39.1 Å². The largest absolute Gasteiger partial charge is 0.378 e. The number of amides is 1. The molecule has 0 spiro atoms. The average molecular weight is 366 g/mol. The third-order valence-corrected chi connectivity index (χ3v) is 4.52. The zero-order valence-electron chi connectivity index (χ0n) is 15.4. The van der Waals surface area contributed by atoms with Gasteiger partial charge in [0.1, 0.15) is 5.82 Å². The van der Waals surface area contributed by atoms with Crippen LogP contribution in [-0.4, -0.2) is 52.0 Å². The van der Waals surface area contributed by atoms with Gasteiger partial charge < -0.3 is 15.0 Å². The summed E-state index contributed by atoms with van der Waals surface area (Å²) in [5.41, 5.74) is 1.98. The lowest BCUT2D eigenvalue weighted by Crippen LogP contribution is -2.38. The number of carbonyl (C=O) groups is 1. The average Bonchev–Trinajstić information content (AvgIpc) is 3.12. The second-order valence-corrected chi connectivity index (χ2v) is 6.75. The molecular formula is C19H22N6O2. The van der Waals surface area contributed by atoms with Gasteiger partial charge in [-0.05, 0) is 32.0 Å². The summed E-state index contributed by atoms with van der Waals surface area (Å²) in [5, 5.41) is 8.18. The number of anilines is 2. The lowest BCUT2D eigenvalue weighted by molar-refractivity contribution is 0.102. The summed E-state index contributed by atoms with van der Waals surface area (Å²) in [6, 6.07) is 5.67. The minimum Gasteiger partial charge on any atom is -0.378 e. The number of nitrogens with zero attached hydrogens (tertiary/aromatic N) is 5. The first-order chi connectivity index (χ1) is 13.1. The van der Waals surface area contributed by atoms with Crippen LogP contribution in [0.2, 0.25) is 0 Å².